The fourth-order valence-corrected chi connectivity index (χ4v) is 1.40. The number of nitrogens with zero attached hydrogens (tertiary/aromatic N) is 1. The molecule has 1 heterocycles. The number of hydrogen-bond acceptors (Lipinski definition) is 2. The highest BCUT2D eigenvalue weighted by molar-refractivity contribution is 6.35. The Bertz CT molecular complexity index is 470. The minimum absolute atomic E-state index is 0.286. The quantitative estimate of drug-likeness (QED) is 0.704. The summed E-state index contributed by atoms with van der Waals surface area (Å²) in [5, 5.41) is 1.46. The average molecular weight is 197 g/mol. The number of aromatic nitrogens is 1. The third-order valence-corrected chi connectivity index (χ3v) is 2.15. The lowest BCUT2D eigenvalue weighted by Gasteiger charge is -2.01. The highest BCUT2D eigenvalue weighted by Crippen LogP contribution is 2.25. The van der Waals surface area contributed by atoms with E-state index in [0.717, 1.165) is 0 Å². The lowest BCUT2D eigenvalue weighted by atomic mass is 10.1. The van der Waals surface area contributed by atoms with E-state index in [9.17, 15) is 4.39 Å². The molecule has 2 rings (SSSR count). The number of fused-ring (bicyclic) bond motifs is 1. The van der Waals surface area contributed by atoms with Crippen LogP contribution in [0.5, 0.6) is 0 Å². The predicted molar refractivity (Wildman–Crippen MR) is 51.1 cm³/mol. The molecule has 0 radical (unpaired) electrons. The molecule has 0 saturated carbocycles. The molecule has 0 saturated heterocycles. The Hall–Kier alpha value is -1.35. The van der Waals surface area contributed by atoms with Gasteiger partial charge in [-0.2, -0.15) is 0 Å². The Morgan fingerprint density at radius 3 is 2.85 bits per heavy atom. The molecule has 0 unspecified atom stereocenters. The van der Waals surface area contributed by atoms with Crippen molar-refractivity contribution in [2.24, 2.45) is 0 Å². The number of halogens is 2. The van der Waals surface area contributed by atoms with Crippen molar-refractivity contribution in [1.29, 1.82) is 0 Å². The monoisotopic (exact) mass is 196 g/mol. The number of hydrogen-bond donors (Lipinski definition) is 1. The van der Waals surface area contributed by atoms with Crippen molar-refractivity contribution in [1.82, 2.24) is 4.98 Å². The maximum absolute atomic E-state index is 13.2. The summed E-state index contributed by atoms with van der Waals surface area (Å²) in [6, 6.07) is 4.28. The van der Waals surface area contributed by atoms with Gasteiger partial charge >= 0.3 is 0 Å². The van der Waals surface area contributed by atoms with Gasteiger partial charge in [-0.3, -0.25) is 0 Å². The molecular formula is C9H6ClFN2. The fourth-order valence-electron chi connectivity index (χ4n) is 1.19. The molecule has 66 valence electrons. The summed E-state index contributed by atoms with van der Waals surface area (Å²) in [5.41, 5.74) is 5.42. The minimum Gasteiger partial charge on any atom is -0.384 e. The van der Waals surface area contributed by atoms with Gasteiger partial charge in [-0.25, -0.2) is 9.37 Å². The molecular weight excluding hydrogens is 191 g/mol. The van der Waals surface area contributed by atoms with E-state index in [-0.39, 0.29) is 11.6 Å². The normalized spacial score (nSPS) is 10.6. The van der Waals surface area contributed by atoms with Crippen molar-refractivity contribution in [2.45, 2.75) is 0 Å². The maximum atomic E-state index is 13.2. The minimum atomic E-state index is -0.339. The Morgan fingerprint density at radius 1 is 1.31 bits per heavy atom. The van der Waals surface area contributed by atoms with E-state index in [4.69, 9.17) is 17.3 Å². The van der Waals surface area contributed by atoms with Crippen LogP contribution in [0.1, 0.15) is 0 Å². The molecule has 0 aliphatic rings. The smallest absolute Gasteiger partial charge is 0.131 e. The van der Waals surface area contributed by atoms with Crippen LogP contribution in [0.2, 0.25) is 5.02 Å². The number of anilines is 1. The molecule has 0 bridgehead atoms. The molecule has 0 fully saturated rings. The van der Waals surface area contributed by atoms with Crippen LogP contribution in [0.15, 0.2) is 24.4 Å². The summed E-state index contributed by atoms with van der Waals surface area (Å²) in [4.78, 5) is 3.84. The first-order valence-corrected chi connectivity index (χ1v) is 4.05. The van der Waals surface area contributed by atoms with Crippen LogP contribution < -0.4 is 5.73 Å². The van der Waals surface area contributed by atoms with Gasteiger partial charge in [-0.05, 0) is 18.2 Å². The summed E-state index contributed by atoms with van der Waals surface area (Å²) >= 11 is 5.83. The lowest BCUT2D eigenvalue weighted by molar-refractivity contribution is 0.640. The predicted octanol–water partition coefficient (Wildman–Crippen LogP) is 2.61. The first-order chi connectivity index (χ1) is 6.18. The Kier molecular flexibility index (Phi) is 1.81. The van der Waals surface area contributed by atoms with Gasteiger partial charge in [0.25, 0.3) is 0 Å². The summed E-state index contributed by atoms with van der Waals surface area (Å²) in [5.74, 6) is -0.0535. The second kappa shape index (κ2) is 2.85. The van der Waals surface area contributed by atoms with E-state index in [1.165, 1.54) is 24.4 Å². The standard InChI is InChI=1S/C9H6ClFN2/c10-7-1-2-8(11)5-3-9(12)13-4-6(5)7/h1-4H,(H2,12,13). The maximum Gasteiger partial charge on any atom is 0.131 e. The molecule has 0 amide bonds. The molecule has 2 N–H and O–H groups in total. The molecule has 0 atom stereocenters. The Morgan fingerprint density at radius 2 is 2.08 bits per heavy atom. The topological polar surface area (TPSA) is 38.9 Å². The van der Waals surface area contributed by atoms with Gasteiger partial charge in [0.1, 0.15) is 11.6 Å². The zero-order valence-corrected chi connectivity index (χ0v) is 7.35. The van der Waals surface area contributed by atoms with Crippen LogP contribution in [0.25, 0.3) is 10.8 Å². The van der Waals surface area contributed by atoms with Gasteiger partial charge in [0.15, 0.2) is 0 Å². The van der Waals surface area contributed by atoms with E-state index in [1.54, 1.807) is 0 Å². The average Bonchev–Trinajstić information content (AvgIpc) is 2.12. The fraction of sp³-hybridized carbons (Fsp3) is 0. The van der Waals surface area contributed by atoms with E-state index in [0.29, 0.717) is 15.8 Å². The first-order valence-electron chi connectivity index (χ1n) is 3.68. The van der Waals surface area contributed by atoms with Crippen LogP contribution in [-0.2, 0) is 0 Å². The summed E-state index contributed by atoms with van der Waals surface area (Å²) in [6.07, 6.45) is 1.47. The van der Waals surface area contributed by atoms with Gasteiger partial charge < -0.3 is 5.73 Å². The molecule has 4 heteroatoms. The van der Waals surface area contributed by atoms with Gasteiger partial charge in [-0.1, -0.05) is 11.6 Å². The zero-order chi connectivity index (χ0) is 9.42. The van der Waals surface area contributed by atoms with E-state index in [2.05, 4.69) is 4.98 Å². The third kappa shape index (κ3) is 1.31. The zero-order valence-electron chi connectivity index (χ0n) is 6.59. The largest absolute Gasteiger partial charge is 0.384 e. The summed E-state index contributed by atoms with van der Waals surface area (Å²) < 4.78 is 13.2. The molecule has 2 nitrogen and oxygen atoms in total. The van der Waals surface area contributed by atoms with E-state index >= 15 is 0 Å². The van der Waals surface area contributed by atoms with Gasteiger partial charge in [-0.15, -0.1) is 0 Å². The summed E-state index contributed by atoms with van der Waals surface area (Å²) in [6.45, 7) is 0. The number of benzene rings is 1. The Balaban J connectivity index is 2.92. The SMILES string of the molecule is Nc1cc2c(F)ccc(Cl)c2cn1. The van der Waals surface area contributed by atoms with E-state index in [1.807, 2.05) is 0 Å². The van der Waals surface area contributed by atoms with Crippen molar-refractivity contribution < 1.29 is 4.39 Å². The summed E-state index contributed by atoms with van der Waals surface area (Å²) in [7, 11) is 0. The Labute approximate surface area is 79.1 Å². The van der Waals surface area contributed by atoms with Crippen molar-refractivity contribution >= 4 is 28.2 Å². The molecule has 0 aliphatic carbocycles. The van der Waals surface area contributed by atoms with Crippen LogP contribution in [0.4, 0.5) is 10.2 Å². The lowest BCUT2D eigenvalue weighted by Crippen LogP contribution is -1.90. The van der Waals surface area contributed by atoms with Gasteiger partial charge in [0, 0.05) is 17.0 Å². The third-order valence-electron chi connectivity index (χ3n) is 1.82. The van der Waals surface area contributed by atoms with Crippen molar-refractivity contribution in [3.05, 3.63) is 35.2 Å². The van der Waals surface area contributed by atoms with E-state index < -0.39 is 0 Å². The van der Waals surface area contributed by atoms with Crippen LogP contribution in [0, 0.1) is 5.82 Å². The first kappa shape index (κ1) is 8.26. The van der Waals surface area contributed by atoms with Crippen LogP contribution in [0.3, 0.4) is 0 Å². The van der Waals surface area contributed by atoms with Crippen molar-refractivity contribution in [2.75, 3.05) is 5.73 Å². The molecule has 1 aromatic heterocycles. The molecule has 0 spiro atoms. The number of nitrogens with two attached hydrogens (primary N) is 1. The second-order valence-electron chi connectivity index (χ2n) is 2.68. The molecule has 0 aliphatic heterocycles. The number of rotatable bonds is 0. The molecule has 2 aromatic rings. The van der Waals surface area contributed by atoms with Crippen molar-refractivity contribution in [3.63, 3.8) is 0 Å². The van der Waals surface area contributed by atoms with Gasteiger partial charge in [0.2, 0.25) is 0 Å². The number of nitrogen functional groups attached to an aromatic ring is 1. The molecule has 13 heavy (non-hydrogen) atoms. The van der Waals surface area contributed by atoms with Crippen LogP contribution >= 0.6 is 11.6 Å². The van der Waals surface area contributed by atoms with Gasteiger partial charge in [0.05, 0.1) is 5.02 Å². The number of pyridine rings is 1. The van der Waals surface area contributed by atoms with Crippen LogP contribution in [-0.4, -0.2) is 4.98 Å². The van der Waals surface area contributed by atoms with Crippen molar-refractivity contribution in [3.8, 4) is 0 Å². The highest BCUT2D eigenvalue weighted by atomic mass is 35.5. The molecule has 1 aromatic carbocycles. The highest BCUT2D eigenvalue weighted by Gasteiger charge is 2.04. The second-order valence-corrected chi connectivity index (χ2v) is 3.09.